The van der Waals surface area contributed by atoms with Gasteiger partial charge in [-0.2, -0.15) is 0 Å². The van der Waals surface area contributed by atoms with Crippen molar-refractivity contribution in [3.63, 3.8) is 0 Å². The molecule has 0 radical (unpaired) electrons. The first kappa shape index (κ1) is 24.9. The molecule has 0 aliphatic carbocycles. The zero-order valence-corrected chi connectivity index (χ0v) is 20.3. The molecule has 0 aromatic heterocycles. The summed E-state index contributed by atoms with van der Waals surface area (Å²) in [5, 5.41) is 21.6. The van der Waals surface area contributed by atoms with Crippen LogP contribution in [0.25, 0.3) is 0 Å². The molecular weight excluding hydrogens is 455 g/mol. The fourth-order valence-corrected chi connectivity index (χ4v) is 4.88. The Morgan fingerprint density at radius 3 is 2.47 bits per heavy atom. The van der Waals surface area contributed by atoms with Crippen LogP contribution in [0.3, 0.4) is 0 Å². The first-order valence-corrected chi connectivity index (χ1v) is 11.8. The number of halogens is 2. The minimum absolute atomic E-state index is 0.0369. The number of hydrogen-bond acceptors (Lipinski definition) is 5. The van der Waals surface area contributed by atoms with Gasteiger partial charge in [-0.3, -0.25) is 4.79 Å². The van der Waals surface area contributed by atoms with E-state index < -0.39 is 11.7 Å². The van der Waals surface area contributed by atoms with Gasteiger partial charge < -0.3 is 24.7 Å². The summed E-state index contributed by atoms with van der Waals surface area (Å²) in [4.78, 5) is 28.8. The summed E-state index contributed by atoms with van der Waals surface area (Å²) in [6, 6.07) is 2.92. The van der Waals surface area contributed by atoms with Crippen LogP contribution in [0.5, 0.6) is 5.75 Å². The first-order valence-electron chi connectivity index (χ1n) is 11.1. The molecule has 0 spiro atoms. The molecule has 2 aliphatic heterocycles. The SMILES string of the molecule is CC(C)(C)OC(=O)N1CCC(C(=O)N2CCC[C@H]([C@@H](O)c3c(O)ccc(Cl)c3Cl)CC2)C1. The largest absolute Gasteiger partial charge is 0.508 e. The molecular formula is C23H32Cl2N2O5. The van der Waals surface area contributed by atoms with Crippen molar-refractivity contribution in [1.82, 2.24) is 9.80 Å². The van der Waals surface area contributed by atoms with Gasteiger partial charge in [-0.05, 0) is 64.5 Å². The van der Waals surface area contributed by atoms with E-state index in [0.29, 0.717) is 45.4 Å². The van der Waals surface area contributed by atoms with E-state index in [-0.39, 0.29) is 45.2 Å². The Hall–Kier alpha value is -1.70. The molecule has 1 aromatic rings. The standard InChI is InChI=1S/C23H32Cl2N2O5/c1-23(2,3)32-22(31)27-12-9-15(13-27)21(30)26-10-4-5-14(8-11-26)20(29)18-17(28)7-6-16(24)19(18)25/h6-7,14-15,20,28-29H,4-5,8-13H2,1-3H3/t14-,15?,20+/m0/s1. The van der Waals surface area contributed by atoms with Crippen molar-refractivity contribution in [1.29, 1.82) is 0 Å². The van der Waals surface area contributed by atoms with Crippen LogP contribution < -0.4 is 0 Å². The van der Waals surface area contributed by atoms with Crippen LogP contribution in [-0.4, -0.2) is 63.8 Å². The van der Waals surface area contributed by atoms with E-state index in [0.717, 1.165) is 6.42 Å². The molecule has 0 bridgehead atoms. The maximum absolute atomic E-state index is 13.1. The predicted molar refractivity (Wildman–Crippen MR) is 123 cm³/mol. The van der Waals surface area contributed by atoms with Crippen LogP contribution in [0.15, 0.2) is 12.1 Å². The molecule has 2 N–H and O–H groups in total. The second-order valence-corrected chi connectivity index (χ2v) is 10.5. The number of likely N-dealkylation sites (tertiary alicyclic amines) is 2. The van der Waals surface area contributed by atoms with Gasteiger partial charge in [0.05, 0.1) is 22.1 Å². The quantitative estimate of drug-likeness (QED) is 0.650. The summed E-state index contributed by atoms with van der Waals surface area (Å²) in [5.41, 5.74) is -0.326. The van der Waals surface area contributed by atoms with Gasteiger partial charge in [0.15, 0.2) is 0 Å². The molecule has 0 saturated carbocycles. The van der Waals surface area contributed by atoms with Crippen LogP contribution in [0, 0.1) is 11.8 Å². The van der Waals surface area contributed by atoms with Gasteiger partial charge in [-0.25, -0.2) is 4.79 Å². The van der Waals surface area contributed by atoms with E-state index in [9.17, 15) is 19.8 Å². The third kappa shape index (κ3) is 5.80. The van der Waals surface area contributed by atoms with Gasteiger partial charge in [0.2, 0.25) is 5.91 Å². The highest BCUT2D eigenvalue weighted by molar-refractivity contribution is 6.42. The average Bonchev–Trinajstić information content (AvgIpc) is 3.08. The van der Waals surface area contributed by atoms with Gasteiger partial charge in [-0.15, -0.1) is 0 Å². The number of phenolic OH excluding ortho intramolecular Hbond substituents is 1. The predicted octanol–water partition coefficient (Wildman–Crippen LogP) is 4.62. The second kappa shape index (κ2) is 10.1. The number of carbonyl (C=O) groups excluding carboxylic acids is 2. The number of amides is 2. The zero-order chi connectivity index (χ0) is 23.6. The molecule has 1 unspecified atom stereocenters. The second-order valence-electron chi connectivity index (χ2n) is 9.67. The number of benzene rings is 1. The van der Waals surface area contributed by atoms with E-state index in [1.807, 2.05) is 25.7 Å². The number of phenols is 1. The van der Waals surface area contributed by atoms with Crippen molar-refractivity contribution >= 4 is 35.2 Å². The van der Waals surface area contributed by atoms with Crippen molar-refractivity contribution in [2.24, 2.45) is 11.8 Å². The Bertz CT molecular complexity index is 858. The lowest BCUT2D eigenvalue weighted by molar-refractivity contribution is -0.135. The summed E-state index contributed by atoms with van der Waals surface area (Å²) in [5.74, 6) is -0.445. The normalized spacial score (nSPS) is 23.1. The zero-order valence-electron chi connectivity index (χ0n) is 18.8. The molecule has 3 atom stereocenters. The maximum atomic E-state index is 13.1. The monoisotopic (exact) mass is 486 g/mol. The third-order valence-electron chi connectivity index (χ3n) is 6.13. The van der Waals surface area contributed by atoms with Crippen molar-refractivity contribution in [3.8, 4) is 5.75 Å². The molecule has 3 rings (SSSR count). The molecule has 2 saturated heterocycles. The summed E-state index contributed by atoms with van der Waals surface area (Å²) in [6.45, 7) is 7.43. The van der Waals surface area contributed by atoms with E-state index >= 15 is 0 Å². The van der Waals surface area contributed by atoms with Crippen molar-refractivity contribution < 1.29 is 24.5 Å². The Balaban J connectivity index is 1.59. The number of hydrogen-bond donors (Lipinski definition) is 2. The number of nitrogens with zero attached hydrogens (tertiary/aromatic N) is 2. The molecule has 2 fully saturated rings. The van der Waals surface area contributed by atoms with Crippen molar-refractivity contribution in [2.75, 3.05) is 26.2 Å². The lowest BCUT2D eigenvalue weighted by Gasteiger charge is -2.26. The Morgan fingerprint density at radius 1 is 1.09 bits per heavy atom. The number of aliphatic hydroxyl groups is 1. The van der Waals surface area contributed by atoms with Gasteiger partial charge in [-0.1, -0.05) is 23.2 Å². The molecule has 2 amide bonds. The molecule has 7 nitrogen and oxygen atoms in total. The van der Waals surface area contributed by atoms with E-state index in [4.69, 9.17) is 27.9 Å². The minimum atomic E-state index is -0.967. The Labute approximate surface area is 199 Å². The van der Waals surface area contributed by atoms with Gasteiger partial charge in [0.1, 0.15) is 11.4 Å². The highest BCUT2D eigenvalue weighted by Gasteiger charge is 2.37. The van der Waals surface area contributed by atoms with Crippen molar-refractivity contribution in [2.45, 2.75) is 58.2 Å². The number of rotatable bonds is 3. The lowest BCUT2D eigenvalue weighted by Crippen LogP contribution is -2.40. The molecule has 32 heavy (non-hydrogen) atoms. The van der Waals surface area contributed by atoms with Gasteiger partial charge >= 0.3 is 6.09 Å². The van der Waals surface area contributed by atoms with Crippen LogP contribution >= 0.6 is 23.2 Å². The topological polar surface area (TPSA) is 90.3 Å². The number of aliphatic hydroxyl groups excluding tert-OH is 1. The summed E-state index contributed by atoms with van der Waals surface area (Å²) in [7, 11) is 0. The van der Waals surface area contributed by atoms with E-state index in [1.54, 1.807) is 4.90 Å². The third-order valence-corrected chi connectivity index (χ3v) is 6.94. The molecule has 2 aliphatic rings. The van der Waals surface area contributed by atoms with Crippen LogP contribution in [0.4, 0.5) is 4.79 Å². The lowest BCUT2D eigenvalue weighted by atomic mass is 9.89. The smallest absolute Gasteiger partial charge is 0.410 e. The summed E-state index contributed by atoms with van der Waals surface area (Å²) >= 11 is 12.3. The van der Waals surface area contributed by atoms with Crippen LogP contribution in [0.1, 0.15) is 58.1 Å². The highest BCUT2D eigenvalue weighted by atomic mass is 35.5. The highest BCUT2D eigenvalue weighted by Crippen LogP contribution is 2.42. The number of carbonyl (C=O) groups is 2. The van der Waals surface area contributed by atoms with E-state index in [1.165, 1.54) is 12.1 Å². The minimum Gasteiger partial charge on any atom is -0.508 e. The number of aromatic hydroxyl groups is 1. The fourth-order valence-electron chi connectivity index (χ4n) is 4.44. The van der Waals surface area contributed by atoms with E-state index in [2.05, 4.69) is 0 Å². The molecule has 178 valence electrons. The Morgan fingerprint density at radius 2 is 1.78 bits per heavy atom. The fraction of sp³-hybridized carbons (Fsp3) is 0.652. The molecule has 1 aromatic carbocycles. The Kier molecular flexibility index (Phi) is 7.84. The van der Waals surface area contributed by atoms with Crippen molar-refractivity contribution in [3.05, 3.63) is 27.7 Å². The first-order chi connectivity index (χ1) is 15.0. The average molecular weight is 487 g/mol. The molecule has 9 heteroatoms. The maximum Gasteiger partial charge on any atom is 0.410 e. The van der Waals surface area contributed by atoms with Gasteiger partial charge in [0.25, 0.3) is 0 Å². The molecule has 2 heterocycles. The van der Waals surface area contributed by atoms with Crippen LogP contribution in [0.2, 0.25) is 10.0 Å². The van der Waals surface area contributed by atoms with Crippen LogP contribution in [-0.2, 0) is 9.53 Å². The number of ether oxygens (including phenoxy) is 1. The summed E-state index contributed by atoms with van der Waals surface area (Å²) in [6.07, 6.45) is 1.27. The summed E-state index contributed by atoms with van der Waals surface area (Å²) < 4.78 is 5.42. The van der Waals surface area contributed by atoms with Gasteiger partial charge in [0, 0.05) is 31.7 Å².